The molecule has 0 spiro atoms. The minimum absolute atomic E-state index is 0.00253. The van der Waals surface area contributed by atoms with Gasteiger partial charge in [-0.1, -0.05) is 23.8 Å². The summed E-state index contributed by atoms with van der Waals surface area (Å²) >= 11 is 10.7. The summed E-state index contributed by atoms with van der Waals surface area (Å²) in [7, 11) is 0. The van der Waals surface area contributed by atoms with Gasteiger partial charge in [-0.2, -0.15) is 0 Å². The monoisotopic (exact) mass is 299 g/mol. The van der Waals surface area contributed by atoms with Crippen LogP contribution in [0.25, 0.3) is 0 Å². The number of hydrogen-bond acceptors (Lipinski definition) is 2. The van der Waals surface area contributed by atoms with E-state index in [1.54, 1.807) is 12.1 Å². The van der Waals surface area contributed by atoms with Gasteiger partial charge in [0.2, 0.25) is 0 Å². The predicted molar refractivity (Wildman–Crippen MR) is 73.8 cm³/mol. The second-order valence-corrected chi connectivity index (χ2v) is 4.59. The summed E-state index contributed by atoms with van der Waals surface area (Å²) < 4.78 is 31.5. The normalized spacial score (nSPS) is 10.3. The Morgan fingerprint density at radius 2 is 1.74 bits per heavy atom. The first kappa shape index (κ1) is 13.7. The maximum absolute atomic E-state index is 13.1. The van der Waals surface area contributed by atoms with Crippen LogP contribution in [0.4, 0.5) is 8.78 Å². The highest BCUT2D eigenvalue weighted by atomic mass is 35.5. The molecular formula is C13H8ClF2NOS. The molecule has 0 aliphatic rings. The van der Waals surface area contributed by atoms with Gasteiger partial charge in [0.1, 0.15) is 28.1 Å². The molecule has 0 atom stereocenters. The number of halogens is 3. The van der Waals surface area contributed by atoms with Gasteiger partial charge < -0.3 is 10.5 Å². The fraction of sp³-hybridized carbons (Fsp3) is 0. The van der Waals surface area contributed by atoms with Crippen LogP contribution in [0.3, 0.4) is 0 Å². The zero-order valence-electron chi connectivity index (χ0n) is 9.49. The average Bonchev–Trinajstić information content (AvgIpc) is 2.26. The molecule has 6 heteroatoms. The highest BCUT2D eigenvalue weighted by Crippen LogP contribution is 2.29. The Hall–Kier alpha value is -1.72. The largest absolute Gasteiger partial charge is 0.456 e. The number of hydrogen-bond donors (Lipinski definition) is 1. The summed E-state index contributed by atoms with van der Waals surface area (Å²) in [5.74, 6) is -1.25. The maximum atomic E-state index is 13.1. The number of ether oxygens (including phenoxy) is 1. The van der Waals surface area contributed by atoms with Crippen LogP contribution in [0.15, 0.2) is 36.4 Å². The Bertz CT molecular complexity index is 628. The van der Waals surface area contributed by atoms with Crippen molar-refractivity contribution in [1.82, 2.24) is 0 Å². The van der Waals surface area contributed by atoms with Crippen molar-refractivity contribution in [3.63, 3.8) is 0 Å². The van der Waals surface area contributed by atoms with Crippen LogP contribution >= 0.6 is 23.8 Å². The molecule has 0 aliphatic heterocycles. The standard InChI is InChI=1S/C13H8ClF2NOS/c14-7-1-2-11(13(17)19)12(3-7)18-10-5-8(15)4-9(16)6-10/h1-6H,(H2,17,19). The van der Waals surface area contributed by atoms with Crippen molar-refractivity contribution in [2.45, 2.75) is 0 Å². The van der Waals surface area contributed by atoms with Gasteiger partial charge in [0.25, 0.3) is 0 Å². The first-order valence-corrected chi connectivity index (χ1v) is 5.97. The molecule has 0 heterocycles. The lowest BCUT2D eigenvalue weighted by molar-refractivity contribution is 0.467. The Balaban J connectivity index is 2.42. The van der Waals surface area contributed by atoms with Crippen molar-refractivity contribution in [2.75, 3.05) is 0 Å². The Morgan fingerprint density at radius 1 is 1.11 bits per heavy atom. The van der Waals surface area contributed by atoms with E-state index in [2.05, 4.69) is 0 Å². The topological polar surface area (TPSA) is 35.2 Å². The summed E-state index contributed by atoms with van der Waals surface area (Å²) in [6.45, 7) is 0. The maximum Gasteiger partial charge on any atom is 0.139 e. The van der Waals surface area contributed by atoms with Crippen molar-refractivity contribution < 1.29 is 13.5 Å². The summed E-state index contributed by atoms with van der Waals surface area (Å²) in [5, 5.41) is 0.395. The van der Waals surface area contributed by atoms with E-state index < -0.39 is 11.6 Å². The lowest BCUT2D eigenvalue weighted by Gasteiger charge is -2.11. The Labute approximate surface area is 118 Å². The molecule has 0 amide bonds. The third kappa shape index (κ3) is 3.39. The van der Waals surface area contributed by atoms with E-state index >= 15 is 0 Å². The summed E-state index contributed by atoms with van der Waals surface area (Å²) in [6, 6.07) is 7.49. The zero-order valence-corrected chi connectivity index (χ0v) is 11.1. The Kier molecular flexibility index (Phi) is 3.97. The number of thiocarbonyl (C=S) groups is 1. The SMILES string of the molecule is NC(=S)c1ccc(Cl)cc1Oc1cc(F)cc(F)c1. The van der Waals surface area contributed by atoms with Crippen LogP contribution < -0.4 is 10.5 Å². The molecule has 0 aromatic heterocycles. The molecule has 19 heavy (non-hydrogen) atoms. The fourth-order valence-corrected chi connectivity index (χ4v) is 1.83. The van der Waals surface area contributed by atoms with Crippen LogP contribution in [0.2, 0.25) is 5.02 Å². The fourth-order valence-electron chi connectivity index (χ4n) is 1.50. The van der Waals surface area contributed by atoms with Crippen LogP contribution in [0, 0.1) is 11.6 Å². The van der Waals surface area contributed by atoms with Gasteiger partial charge >= 0.3 is 0 Å². The first-order chi connectivity index (χ1) is 8.95. The van der Waals surface area contributed by atoms with E-state index in [1.807, 2.05) is 0 Å². The number of nitrogens with two attached hydrogens (primary N) is 1. The van der Waals surface area contributed by atoms with E-state index in [0.29, 0.717) is 10.6 Å². The molecule has 98 valence electrons. The summed E-state index contributed by atoms with van der Waals surface area (Å²) in [4.78, 5) is 0.101. The van der Waals surface area contributed by atoms with Gasteiger partial charge in [-0.3, -0.25) is 0 Å². The minimum atomic E-state index is -0.742. The van der Waals surface area contributed by atoms with E-state index in [1.165, 1.54) is 6.07 Å². The van der Waals surface area contributed by atoms with Crippen LogP contribution in [0.5, 0.6) is 11.5 Å². The smallest absolute Gasteiger partial charge is 0.139 e. The highest BCUT2D eigenvalue weighted by molar-refractivity contribution is 7.80. The minimum Gasteiger partial charge on any atom is -0.456 e. The zero-order chi connectivity index (χ0) is 14.0. The van der Waals surface area contributed by atoms with Gasteiger partial charge in [0.05, 0.1) is 5.56 Å². The molecule has 2 rings (SSSR count). The van der Waals surface area contributed by atoms with Crippen molar-refractivity contribution in [2.24, 2.45) is 5.73 Å². The molecular weight excluding hydrogens is 292 g/mol. The second-order valence-electron chi connectivity index (χ2n) is 3.71. The number of rotatable bonds is 3. The molecule has 0 aliphatic carbocycles. The summed E-state index contributed by atoms with van der Waals surface area (Å²) in [5.41, 5.74) is 5.97. The van der Waals surface area contributed by atoms with Gasteiger partial charge in [0, 0.05) is 29.3 Å². The molecule has 0 saturated heterocycles. The van der Waals surface area contributed by atoms with E-state index in [4.69, 9.17) is 34.3 Å². The molecule has 2 aromatic carbocycles. The quantitative estimate of drug-likeness (QED) is 0.869. The van der Waals surface area contributed by atoms with Crippen LogP contribution in [0.1, 0.15) is 5.56 Å². The molecule has 2 nitrogen and oxygen atoms in total. The third-order valence-electron chi connectivity index (χ3n) is 2.27. The van der Waals surface area contributed by atoms with Crippen LogP contribution in [-0.2, 0) is 0 Å². The van der Waals surface area contributed by atoms with Crippen LogP contribution in [-0.4, -0.2) is 4.99 Å². The third-order valence-corrected chi connectivity index (χ3v) is 2.73. The highest BCUT2D eigenvalue weighted by Gasteiger charge is 2.10. The van der Waals surface area contributed by atoms with Gasteiger partial charge in [0.15, 0.2) is 0 Å². The molecule has 0 bridgehead atoms. The molecule has 2 N–H and O–H groups in total. The van der Waals surface area contributed by atoms with E-state index in [0.717, 1.165) is 18.2 Å². The van der Waals surface area contributed by atoms with E-state index in [9.17, 15) is 8.78 Å². The molecule has 0 unspecified atom stereocenters. The molecule has 0 fully saturated rings. The number of benzene rings is 2. The summed E-state index contributed by atoms with van der Waals surface area (Å²) in [6.07, 6.45) is 0. The van der Waals surface area contributed by atoms with Crippen molar-refractivity contribution in [3.05, 3.63) is 58.6 Å². The average molecular weight is 300 g/mol. The van der Waals surface area contributed by atoms with Gasteiger partial charge in [-0.25, -0.2) is 8.78 Å². The lowest BCUT2D eigenvalue weighted by Crippen LogP contribution is -2.10. The molecule has 2 aromatic rings. The Morgan fingerprint density at radius 3 is 2.32 bits per heavy atom. The van der Waals surface area contributed by atoms with Gasteiger partial charge in [-0.15, -0.1) is 0 Å². The predicted octanol–water partition coefficient (Wildman–Crippen LogP) is 4.04. The molecule has 0 saturated carbocycles. The van der Waals surface area contributed by atoms with Crippen molar-refractivity contribution >= 4 is 28.8 Å². The van der Waals surface area contributed by atoms with Crippen molar-refractivity contribution in [3.8, 4) is 11.5 Å². The lowest BCUT2D eigenvalue weighted by atomic mass is 10.2. The van der Waals surface area contributed by atoms with E-state index in [-0.39, 0.29) is 16.5 Å². The molecule has 0 radical (unpaired) electrons. The van der Waals surface area contributed by atoms with Crippen molar-refractivity contribution in [1.29, 1.82) is 0 Å². The first-order valence-electron chi connectivity index (χ1n) is 5.19. The van der Waals surface area contributed by atoms with Gasteiger partial charge in [-0.05, 0) is 12.1 Å². The second kappa shape index (κ2) is 5.50.